The Hall–Kier alpha value is -6.30. The summed E-state index contributed by atoms with van der Waals surface area (Å²) in [5, 5.41) is 15.5. The van der Waals surface area contributed by atoms with Gasteiger partial charge in [-0.15, -0.1) is 0 Å². The maximum atomic E-state index is 9.56. The van der Waals surface area contributed by atoms with Crippen LogP contribution in [0.1, 0.15) is 5.56 Å². The van der Waals surface area contributed by atoms with E-state index in [0.29, 0.717) is 22.4 Å². The summed E-state index contributed by atoms with van der Waals surface area (Å²) in [6.07, 6.45) is 0. The molecule has 6 aromatic carbocycles. The third kappa shape index (κ3) is 3.19. The predicted molar refractivity (Wildman–Crippen MR) is 172 cm³/mol. The molecule has 5 heteroatoms. The summed E-state index contributed by atoms with van der Waals surface area (Å²) in [5.41, 5.74) is 8.67. The highest BCUT2D eigenvalue weighted by Gasteiger charge is 2.21. The van der Waals surface area contributed by atoms with Crippen molar-refractivity contribution in [2.75, 3.05) is 0 Å². The lowest BCUT2D eigenvalue weighted by molar-refractivity contribution is 0.667. The van der Waals surface area contributed by atoms with Gasteiger partial charge in [0.1, 0.15) is 16.7 Å². The van der Waals surface area contributed by atoms with Crippen LogP contribution in [0.5, 0.6) is 0 Å². The average Bonchev–Trinajstić information content (AvgIpc) is 3.73. The van der Waals surface area contributed by atoms with Gasteiger partial charge in [0.15, 0.2) is 5.58 Å². The lowest BCUT2D eigenvalue weighted by atomic mass is 9.99. The molecular weight excluding hydrogens is 530 g/mol. The van der Waals surface area contributed by atoms with Gasteiger partial charge in [0, 0.05) is 37.9 Å². The van der Waals surface area contributed by atoms with Crippen molar-refractivity contribution in [2.24, 2.45) is 0 Å². The molecule has 0 saturated carbocycles. The molecule has 9 aromatic rings. The highest BCUT2D eigenvalue weighted by molar-refractivity contribution is 6.16. The number of aromatic nitrogens is 1. The number of hydrogen-bond donors (Lipinski definition) is 0. The second kappa shape index (κ2) is 8.60. The summed E-state index contributed by atoms with van der Waals surface area (Å²) in [7, 11) is 0. The molecule has 0 atom stereocenters. The Morgan fingerprint density at radius 1 is 0.605 bits per heavy atom. The number of fused-ring (bicyclic) bond motifs is 9. The van der Waals surface area contributed by atoms with Crippen LogP contribution in [0.15, 0.2) is 124 Å². The Labute approximate surface area is 244 Å². The Morgan fingerprint density at radius 2 is 1.35 bits per heavy atom. The molecule has 0 amide bonds. The molecule has 0 bridgehead atoms. The monoisotopic (exact) mass is 549 g/mol. The molecule has 3 heterocycles. The molecule has 3 aromatic heterocycles. The number of para-hydroxylation sites is 4. The zero-order valence-corrected chi connectivity index (χ0v) is 22.6. The quantitative estimate of drug-likeness (QED) is 0.202. The zero-order chi connectivity index (χ0) is 28.7. The van der Waals surface area contributed by atoms with E-state index >= 15 is 0 Å². The first-order valence-electron chi connectivity index (χ1n) is 13.9. The van der Waals surface area contributed by atoms with Crippen LogP contribution < -0.4 is 0 Å². The molecule has 0 N–H and O–H groups in total. The number of hydrogen-bond acceptors (Lipinski definition) is 3. The second-order valence-electron chi connectivity index (χ2n) is 10.7. The van der Waals surface area contributed by atoms with Gasteiger partial charge in [0.2, 0.25) is 5.69 Å². The standard InChI is InChI=1S/C38H19N3O2/c1-40-31-20-23(24-10-6-11-27-26-9-3-5-15-35(26)42-36(24)27)19-30-28-12-7-14-34(38(28)43-37(30)31)41-32-13-4-2-8-25(32)29-18-22(21-39)16-17-33(29)41/h2-20H. The minimum absolute atomic E-state index is 0.448. The van der Waals surface area contributed by atoms with E-state index in [4.69, 9.17) is 15.4 Å². The predicted octanol–water partition coefficient (Wildman–Crippen LogP) is 10.7. The van der Waals surface area contributed by atoms with Crippen LogP contribution in [-0.2, 0) is 0 Å². The molecule has 0 saturated heterocycles. The van der Waals surface area contributed by atoms with Crippen molar-refractivity contribution >= 4 is 71.4 Å². The largest absolute Gasteiger partial charge is 0.465 e. The number of benzene rings is 6. The van der Waals surface area contributed by atoms with Gasteiger partial charge < -0.3 is 13.4 Å². The molecule has 43 heavy (non-hydrogen) atoms. The molecule has 0 fully saturated rings. The first-order valence-corrected chi connectivity index (χ1v) is 13.9. The third-order valence-electron chi connectivity index (χ3n) is 8.44. The minimum Gasteiger partial charge on any atom is -0.465 e. The fourth-order valence-electron chi connectivity index (χ4n) is 6.56. The van der Waals surface area contributed by atoms with E-state index in [-0.39, 0.29) is 0 Å². The van der Waals surface area contributed by atoms with E-state index in [1.54, 1.807) is 0 Å². The Kier molecular flexibility index (Phi) is 4.68. The molecule has 0 spiro atoms. The first-order chi connectivity index (χ1) is 21.2. The lowest BCUT2D eigenvalue weighted by Crippen LogP contribution is -1.94. The van der Waals surface area contributed by atoms with Gasteiger partial charge in [0.05, 0.1) is 34.9 Å². The molecule has 0 aliphatic carbocycles. The summed E-state index contributed by atoms with van der Waals surface area (Å²) >= 11 is 0. The van der Waals surface area contributed by atoms with E-state index in [9.17, 15) is 5.26 Å². The number of furan rings is 2. The summed E-state index contributed by atoms with van der Waals surface area (Å²) in [6.45, 7) is 8.07. The highest BCUT2D eigenvalue weighted by atomic mass is 16.3. The minimum atomic E-state index is 0.448. The van der Waals surface area contributed by atoms with Crippen LogP contribution in [-0.4, -0.2) is 4.57 Å². The summed E-state index contributed by atoms with van der Waals surface area (Å²) in [6, 6.07) is 40.5. The Balaban J connectivity index is 1.34. The van der Waals surface area contributed by atoms with Crippen LogP contribution in [0.3, 0.4) is 0 Å². The Bertz CT molecular complexity index is 2710. The molecule has 0 unspecified atom stereocenters. The van der Waals surface area contributed by atoms with E-state index in [2.05, 4.69) is 45.8 Å². The molecular formula is C38H19N3O2. The van der Waals surface area contributed by atoms with Gasteiger partial charge in [-0.1, -0.05) is 66.7 Å². The van der Waals surface area contributed by atoms with Crippen LogP contribution in [0.4, 0.5) is 5.69 Å². The van der Waals surface area contributed by atoms with Crippen molar-refractivity contribution in [3.05, 3.63) is 132 Å². The Morgan fingerprint density at radius 3 is 2.21 bits per heavy atom. The number of rotatable bonds is 2. The van der Waals surface area contributed by atoms with E-state index in [1.165, 1.54) is 0 Å². The lowest BCUT2D eigenvalue weighted by Gasteiger charge is -2.08. The fourth-order valence-corrected chi connectivity index (χ4v) is 6.56. The van der Waals surface area contributed by atoms with Crippen molar-refractivity contribution in [1.82, 2.24) is 4.57 Å². The van der Waals surface area contributed by atoms with Gasteiger partial charge in [-0.25, -0.2) is 4.85 Å². The average molecular weight is 550 g/mol. The fraction of sp³-hybridized carbons (Fsp3) is 0. The smallest absolute Gasteiger partial charge is 0.230 e. The summed E-state index contributed by atoms with van der Waals surface area (Å²) < 4.78 is 15.1. The van der Waals surface area contributed by atoms with Crippen molar-refractivity contribution in [1.29, 1.82) is 5.26 Å². The van der Waals surface area contributed by atoms with Crippen molar-refractivity contribution in [3.8, 4) is 22.9 Å². The van der Waals surface area contributed by atoms with Gasteiger partial charge >= 0.3 is 0 Å². The van der Waals surface area contributed by atoms with Crippen molar-refractivity contribution < 1.29 is 8.83 Å². The van der Waals surface area contributed by atoms with Gasteiger partial charge in [0.25, 0.3) is 0 Å². The molecule has 0 aliphatic heterocycles. The van der Waals surface area contributed by atoms with Crippen LogP contribution >= 0.6 is 0 Å². The van der Waals surface area contributed by atoms with E-state index < -0.39 is 0 Å². The van der Waals surface area contributed by atoms with Gasteiger partial charge in [-0.3, -0.25) is 0 Å². The second-order valence-corrected chi connectivity index (χ2v) is 10.7. The normalized spacial score (nSPS) is 11.7. The number of nitrogens with zero attached hydrogens (tertiary/aromatic N) is 3. The first kappa shape index (κ1) is 23.4. The van der Waals surface area contributed by atoms with E-state index in [0.717, 1.165) is 71.3 Å². The summed E-state index contributed by atoms with van der Waals surface area (Å²) in [4.78, 5) is 3.90. The van der Waals surface area contributed by atoms with Crippen molar-refractivity contribution in [2.45, 2.75) is 0 Å². The highest BCUT2D eigenvalue weighted by Crippen LogP contribution is 2.44. The van der Waals surface area contributed by atoms with Crippen molar-refractivity contribution in [3.63, 3.8) is 0 Å². The zero-order valence-electron chi connectivity index (χ0n) is 22.6. The topological polar surface area (TPSA) is 59.4 Å². The van der Waals surface area contributed by atoms with Gasteiger partial charge in [-0.05, 0) is 54.1 Å². The van der Waals surface area contributed by atoms with E-state index in [1.807, 2.05) is 84.9 Å². The third-order valence-corrected chi connectivity index (χ3v) is 8.44. The van der Waals surface area contributed by atoms with Gasteiger partial charge in [-0.2, -0.15) is 5.26 Å². The molecule has 0 radical (unpaired) electrons. The maximum absolute atomic E-state index is 9.56. The van der Waals surface area contributed by atoms with Crippen LogP contribution in [0.2, 0.25) is 0 Å². The number of nitriles is 1. The molecule has 9 rings (SSSR count). The SMILES string of the molecule is [C-]#[N+]c1cc(-c2cccc3c2oc2ccccc23)cc2c1oc1c(-n3c4ccccc4c4cc(C#N)ccc43)cccc12. The summed E-state index contributed by atoms with van der Waals surface area (Å²) in [5.74, 6) is 0. The molecule has 5 nitrogen and oxygen atoms in total. The van der Waals surface area contributed by atoms with Crippen LogP contribution in [0.25, 0.3) is 87.3 Å². The van der Waals surface area contributed by atoms with Crippen LogP contribution in [0, 0.1) is 17.9 Å². The molecule has 198 valence electrons. The molecule has 0 aliphatic rings. The maximum Gasteiger partial charge on any atom is 0.230 e.